The molecule has 0 aromatic carbocycles. The molecule has 0 bridgehead atoms. The van der Waals surface area contributed by atoms with Crippen LogP contribution in [0.1, 0.15) is 26.7 Å². The van der Waals surface area contributed by atoms with E-state index in [0.29, 0.717) is 0 Å². The third kappa shape index (κ3) is 17.7. The van der Waals surface area contributed by atoms with Gasteiger partial charge in [-0.05, 0) is 18.8 Å². The second-order valence-electron chi connectivity index (χ2n) is 2.11. The Hall–Kier alpha value is 0.809. The molecule has 0 saturated heterocycles. The molecule has 0 aromatic rings. The Morgan fingerprint density at radius 2 is 1.89 bits per heavy atom. The Morgan fingerprint density at radius 3 is 2.00 bits per heavy atom. The quantitative estimate of drug-likeness (QED) is 0.347. The first kappa shape index (κ1) is 16.4. The van der Waals surface area contributed by atoms with Crippen LogP contribution in [0.4, 0.5) is 0 Å². The Bertz CT molecular complexity index is 73.5. The van der Waals surface area contributed by atoms with E-state index in [1.807, 2.05) is 0 Å². The minimum absolute atomic E-state index is 0. The average Bonchev–Trinajstić information content (AvgIpc) is 1.61. The first-order valence-corrected chi connectivity index (χ1v) is 2.67. The van der Waals surface area contributed by atoms with Gasteiger partial charge >= 0.3 is 17.1 Å². The molecule has 0 amide bonds. The maximum absolute atomic E-state index is 6.55. The summed E-state index contributed by atoms with van der Waals surface area (Å²) in [5.41, 5.74) is 0. The van der Waals surface area contributed by atoms with Crippen molar-refractivity contribution in [2.75, 3.05) is 0 Å². The zero-order valence-electron chi connectivity index (χ0n) is 5.67. The zero-order chi connectivity index (χ0) is 5.70. The molecule has 0 aliphatic carbocycles. The van der Waals surface area contributed by atoms with E-state index in [1.165, 1.54) is 0 Å². The van der Waals surface area contributed by atoms with Crippen molar-refractivity contribution >= 4 is 0 Å². The molecule has 0 saturated carbocycles. The molecular weight excluding hydrogens is 275 g/mol. The molecule has 0 nitrogen and oxygen atoms in total. The van der Waals surface area contributed by atoms with Gasteiger partial charge in [0.05, 0.1) is 0 Å². The van der Waals surface area contributed by atoms with Crippen LogP contribution in [0.5, 0.6) is 0 Å². The van der Waals surface area contributed by atoms with E-state index in [-0.39, 0.29) is 41.0 Å². The van der Waals surface area contributed by atoms with Gasteiger partial charge in [0, 0.05) is 6.42 Å². The molecule has 0 rings (SSSR count). The predicted octanol–water partition coefficient (Wildman–Crippen LogP) is -0.986. The molecule has 0 N–H and O–H groups in total. The van der Waals surface area contributed by atoms with Crippen LogP contribution in [-0.4, -0.2) is 0 Å². The average molecular weight is 286 g/mol. The maximum Gasteiger partial charge on any atom is 1.00 e. The van der Waals surface area contributed by atoms with Crippen LogP contribution < -0.4 is 24.0 Å². The monoisotopic (exact) mass is 285 g/mol. The Kier molecular flexibility index (Phi) is 21.1. The molecule has 0 unspecified atom stereocenters. The van der Waals surface area contributed by atoms with E-state index in [2.05, 4.69) is 19.8 Å². The molecule has 0 spiro atoms. The second kappa shape index (κ2) is 11.6. The molecule has 9 heavy (non-hydrogen) atoms. The summed E-state index contributed by atoms with van der Waals surface area (Å²) < 4.78 is 0. The SMILES string of the molecule is [C]#CCCC(C)C.[Cu+].[I-]. The summed E-state index contributed by atoms with van der Waals surface area (Å²) in [6.07, 6.45) is 8.46. The van der Waals surface area contributed by atoms with Crippen LogP contribution in [0.15, 0.2) is 0 Å². The molecule has 57 valence electrons. The van der Waals surface area contributed by atoms with Crippen molar-refractivity contribution in [1.82, 2.24) is 0 Å². The molecule has 0 atom stereocenters. The van der Waals surface area contributed by atoms with E-state index < -0.39 is 0 Å². The summed E-state index contributed by atoms with van der Waals surface area (Å²) in [6.45, 7) is 4.30. The number of hydrogen-bond acceptors (Lipinski definition) is 0. The van der Waals surface area contributed by atoms with Gasteiger partial charge in [0.1, 0.15) is 0 Å². The predicted molar refractivity (Wildman–Crippen MR) is 31.2 cm³/mol. The van der Waals surface area contributed by atoms with E-state index in [1.54, 1.807) is 0 Å². The van der Waals surface area contributed by atoms with Crippen molar-refractivity contribution in [3.05, 3.63) is 6.42 Å². The summed E-state index contributed by atoms with van der Waals surface area (Å²) in [5, 5.41) is 0. The van der Waals surface area contributed by atoms with E-state index in [0.717, 1.165) is 18.8 Å². The molecule has 0 aromatic heterocycles. The van der Waals surface area contributed by atoms with Crippen LogP contribution in [-0.2, 0) is 17.1 Å². The fourth-order valence-corrected chi connectivity index (χ4v) is 0.361. The maximum atomic E-state index is 6.55. The molecule has 1 radical (unpaired) electrons. The third-order valence-electron chi connectivity index (χ3n) is 0.847. The summed E-state index contributed by atoms with van der Waals surface area (Å²) >= 11 is 0. The third-order valence-corrected chi connectivity index (χ3v) is 0.847. The van der Waals surface area contributed by atoms with Crippen LogP contribution in [0.25, 0.3) is 0 Å². The molecule has 0 heterocycles. The summed E-state index contributed by atoms with van der Waals surface area (Å²) in [4.78, 5) is 0. The van der Waals surface area contributed by atoms with Crippen molar-refractivity contribution in [2.24, 2.45) is 5.92 Å². The van der Waals surface area contributed by atoms with E-state index >= 15 is 0 Å². The van der Waals surface area contributed by atoms with Crippen molar-refractivity contribution in [2.45, 2.75) is 26.7 Å². The minimum atomic E-state index is 0. The van der Waals surface area contributed by atoms with Crippen LogP contribution in [0, 0.1) is 18.3 Å². The fraction of sp³-hybridized carbons (Fsp3) is 0.714. The van der Waals surface area contributed by atoms with Crippen LogP contribution in [0.2, 0.25) is 0 Å². The second-order valence-corrected chi connectivity index (χ2v) is 2.11. The number of rotatable bonds is 2. The first-order valence-electron chi connectivity index (χ1n) is 2.67. The van der Waals surface area contributed by atoms with Gasteiger partial charge in [-0.15, -0.1) is 0 Å². The van der Waals surface area contributed by atoms with Gasteiger partial charge in [-0.25, -0.2) is 0 Å². The van der Waals surface area contributed by atoms with Crippen LogP contribution in [0.3, 0.4) is 0 Å². The van der Waals surface area contributed by atoms with Crippen molar-refractivity contribution < 1.29 is 41.0 Å². The van der Waals surface area contributed by atoms with Gasteiger partial charge in [-0.3, -0.25) is 0 Å². The van der Waals surface area contributed by atoms with E-state index in [9.17, 15) is 0 Å². The van der Waals surface area contributed by atoms with Crippen LogP contribution >= 0.6 is 0 Å². The Labute approximate surface area is 85.7 Å². The first-order chi connectivity index (χ1) is 3.27. The fourth-order valence-electron chi connectivity index (χ4n) is 0.361. The molecule has 0 fully saturated rings. The van der Waals surface area contributed by atoms with Gasteiger partial charge in [-0.1, -0.05) is 19.8 Å². The summed E-state index contributed by atoms with van der Waals surface area (Å²) in [7, 11) is 0. The molecule has 0 aliphatic heterocycles. The van der Waals surface area contributed by atoms with Gasteiger partial charge in [-0.2, -0.15) is 0 Å². The largest absolute Gasteiger partial charge is 1.00 e. The topological polar surface area (TPSA) is 0 Å². The van der Waals surface area contributed by atoms with Crippen molar-refractivity contribution in [3.63, 3.8) is 0 Å². The Balaban J connectivity index is -0.000000180. The van der Waals surface area contributed by atoms with E-state index in [4.69, 9.17) is 6.42 Å². The zero-order valence-corrected chi connectivity index (χ0v) is 8.77. The van der Waals surface area contributed by atoms with Crippen molar-refractivity contribution in [1.29, 1.82) is 0 Å². The summed E-state index contributed by atoms with van der Waals surface area (Å²) in [6, 6.07) is 0. The number of hydrogen-bond donors (Lipinski definition) is 0. The van der Waals surface area contributed by atoms with Gasteiger partial charge in [0.15, 0.2) is 0 Å². The minimum Gasteiger partial charge on any atom is -1.00 e. The normalized spacial score (nSPS) is 6.89. The van der Waals surface area contributed by atoms with Gasteiger partial charge in [0.25, 0.3) is 0 Å². The molecule has 0 aliphatic rings. The molecular formula is C7H11CuI. The smallest absolute Gasteiger partial charge is 1.00 e. The Morgan fingerprint density at radius 1 is 1.44 bits per heavy atom. The summed E-state index contributed by atoms with van der Waals surface area (Å²) in [5.74, 6) is 3.07. The number of halogens is 1. The van der Waals surface area contributed by atoms with Crippen molar-refractivity contribution in [3.8, 4) is 5.92 Å². The standard InChI is InChI=1S/C7H11.Cu.HI/c1-4-5-6-7(2)3;;/h7H,5-6H2,2-3H3;;1H/q;+1;/p-1. The van der Waals surface area contributed by atoms with Gasteiger partial charge < -0.3 is 24.0 Å². The van der Waals surface area contributed by atoms with Gasteiger partial charge in [0.2, 0.25) is 0 Å². The molecule has 2 heteroatoms.